The van der Waals surface area contributed by atoms with Gasteiger partial charge in [0.25, 0.3) is 20.0 Å². The highest BCUT2D eigenvalue weighted by Gasteiger charge is 2.22. The van der Waals surface area contributed by atoms with Crippen molar-refractivity contribution >= 4 is 32.1 Å². The van der Waals surface area contributed by atoms with Gasteiger partial charge in [0.2, 0.25) is 0 Å². The predicted molar refractivity (Wildman–Crippen MR) is 214 cm³/mol. The Labute approximate surface area is 325 Å². The van der Waals surface area contributed by atoms with Gasteiger partial charge in [0.1, 0.15) is 24.7 Å². The van der Waals surface area contributed by atoms with Crippen molar-refractivity contribution in [2.24, 2.45) is 0 Å². The van der Waals surface area contributed by atoms with Crippen LogP contribution < -0.4 is 29.6 Å². The van der Waals surface area contributed by atoms with E-state index in [9.17, 15) is 26.4 Å². The number of aryl methyl sites for hydroxylation is 2. The molecule has 0 bridgehead atoms. The minimum absolute atomic E-state index is 0.0157. The summed E-state index contributed by atoms with van der Waals surface area (Å²) >= 11 is 0. The molecule has 0 unspecified atom stereocenters. The minimum atomic E-state index is -4.04. The third-order valence-electron chi connectivity index (χ3n) is 8.64. The molecule has 4 rings (SSSR count). The molecule has 4 aromatic carbocycles. The summed E-state index contributed by atoms with van der Waals surface area (Å²) in [6.45, 7) is 16.6. The number of urea groups is 2. The van der Waals surface area contributed by atoms with Gasteiger partial charge < -0.3 is 20.1 Å². The molecule has 0 saturated carbocycles. The van der Waals surface area contributed by atoms with E-state index in [2.05, 4.69) is 64.3 Å². The van der Waals surface area contributed by atoms with Crippen molar-refractivity contribution in [1.29, 1.82) is 0 Å². The van der Waals surface area contributed by atoms with Crippen LogP contribution in [0.5, 0.6) is 11.5 Å². The van der Waals surface area contributed by atoms with Crippen LogP contribution in [0.25, 0.3) is 0 Å². The minimum Gasteiger partial charge on any atom is -0.491 e. The Bertz CT molecular complexity index is 2030. The summed E-state index contributed by atoms with van der Waals surface area (Å²) in [5.41, 5.74) is 5.36. The summed E-state index contributed by atoms with van der Waals surface area (Å²) in [7, 11) is -8.08. The Morgan fingerprint density at radius 3 is 1.22 bits per heavy atom. The fourth-order valence-electron chi connectivity index (χ4n) is 5.38. The van der Waals surface area contributed by atoms with Crippen LogP contribution in [0.2, 0.25) is 0 Å². The topological polar surface area (TPSA) is 169 Å². The molecule has 296 valence electrons. The van der Waals surface area contributed by atoms with Gasteiger partial charge in [-0.25, -0.2) is 35.9 Å². The molecule has 4 N–H and O–H groups in total. The quantitative estimate of drug-likeness (QED) is 0.103. The van der Waals surface area contributed by atoms with Crippen LogP contribution in [-0.4, -0.2) is 55.2 Å². The Morgan fingerprint density at radius 1 is 0.545 bits per heavy atom. The summed E-state index contributed by atoms with van der Waals surface area (Å²) in [4.78, 5) is 24.9. The number of carbonyl (C=O) groups excluding carboxylic acids is 2. The van der Waals surface area contributed by atoms with Crippen molar-refractivity contribution in [3.63, 3.8) is 0 Å². The maximum atomic E-state index is 12.6. The van der Waals surface area contributed by atoms with Crippen LogP contribution in [0.15, 0.2) is 94.7 Å². The fourth-order valence-corrected chi connectivity index (χ4v) is 7.23. The SMILES string of the molecule is Cc1ccc(S(=O)(=O)NC(=O)NCCOc2ccc(C(C)(C)C)cc2Cc2cc(C(C)(C)C)ccc2OCCNC(=O)NS(=O)(=O)c2ccc(C)cc2)cc1. The predicted octanol–water partition coefficient (Wildman–Crippen LogP) is 6.62. The molecule has 0 radical (unpaired) electrons. The van der Waals surface area contributed by atoms with E-state index < -0.39 is 32.1 Å². The normalized spacial score (nSPS) is 12.1. The van der Waals surface area contributed by atoms with Crippen LogP contribution in [0, 0.1) is 13.8 Å². The molecule has 0 aromatic heterocycles. The number of carbonyl (C=O) groups is 2. The number of rotatable bonds is 14. The first-order valence-corrected chi connectivity index (χ1v) is 20.9. The summed E-state index contributed by atoms with van der Waals surface area (Å²) in [5.74, 6) is 1.17. The van der Waals surface area contributed by atoms with E-state index in [0.717, 1.165) is 33.4 Å². The fraction of sp³-hybridized carbons (Fsp3) is 0.366. The van der Waals surface area contributed by atoms with E-state index in [0.29, 0.717) is 17.9 Å². The number of ether oxygens (including phenoxy) is 2. The zero-order valence-electron chi connectivity index (χ0n) is 32.7. The van der Waals surface area contributed by atoms with Crippen LogP contribution in [0.3, 0.4) is 0 Å². The van der Waals surface area contributed by atoms with Crippen molar-refractivity contribution in [3.8, 4) is 11.5 Å². The average molecular weight is 793 g/mol. The largest absolute Gasteiger partial charge is 0.491 e. The molecule has 0 saturated heterocycles. The molecule has 0 atom stereocenters. The molecular weight excluding hydrogens is 741 g/mol. The maximum Gasteiger partial charge on any atom is 0.328 e. The lowest BCUT2D eigenvalue weighted by molar-refractivity contribution is 0.240. The molecule has 0 aliphatic rings. The lowest BCUT2D eigenvalue weighted by Crippen LogP contribution is -2.41. The van der Waals surface area contributed by atoms with E-state index in [1.165, 1.54) is 24.3 Å². The summed E-state index contributed by atoms with van der Waals surface area (Å²) < 4.78 is 66.8. The number of sulfonamides is 2. The van der Waals surface area contributed by atoms with E-state index in [-0.39, 0.29) is 46.9 Å². The van der Waals surface area contributed by atoms with E-state index in [1.807, 2.05) is 47.6 Å². The molecule has 14 heteroatoms. The zero-order chi connectivity index (χ0) is 40.6. The average Bonchev–Trinajstić information content (AvgIpc) is 3.08. The Kier molecular flexibility index (Phi) is 13.6. The summed E-state index contributed by atoms with van der Waals surface area (Å²) in [6, 6.07) is 22.5. The van der Waals surface area contributed by atoms with Crippen molar-refractivity contribution < 1.29 is 35.9 Å². The van der Waals surface area contributed by atoms with Gasteiger partial charge in [-0.15, -0.1) is 0 Å². The number of benzene rings is 4. The van der Waals surface area contributed by atoms with Gasteiger partial charge in [0.05, 0.1) is 22.9 Å². The number of hydrogen-bond acceptors (Lipinski definition) is 8. The molecule has 12 nitrogen and oxygen atoms in total. The van der Waals surface area contributed by atoms with Gasteiger partial charge in [-0.3, -0.25) is 0 Å². The molecular formula is C41H52N4O8S2. The highest BCUT2D eigenvalue weighted by atomic mass is 32.2. The van der Waals surface area contributed by atoms with Crippen LogP contribution in [0.1, 0.15) is 74.9 Å². The highest BCUT2D eigenvalue weighted by molar-refractivity contribution is 7.90. The number of hydrogen-bond donors (Lipinski definition) is 4. The molecule has 0 fully saturated rings. The van der Waals surface area contributed by atoms with Gasteiger partial charge in [0, 0.05) is 6.42 Å². The molecule has 4 aromatic rings. The number of amides is 4. The van der Waals surface area contributed by atoms with Gasteiger partial charge in [-0.2, -0.15) is 0 Å². The van der Waals surface area contributed by atoms with E-state index in [4.69, 9.17) is 9.47 Å². The molecule has 0 aliphatic carbocycles. The van der Waals surface area contributed by atoms with Gasteiger partial charge in [-0.05, 0) is 83.3 Å². The highest BCUT2D eigenvalue weighted by Crippen LogP contribution is 2.34. The standard InChI is InChI=1S/C41H52N4O8S2/c1-28-9-15-34(16-10-28)54(48,49)44-38(46)42-21-23-52-36-19-13-32(40(3,4)5)26-30(36)25-31-27-33(41(6,7)8)14-20-37(31)53-24-22-43-39(47)45-55(50,51)35-17-11-29(2)12-18-35/h9-20,26-27H,21-25H2,1-8H3,(H2,42,44,46)(H2,43,45,47). The molecule has 0 aliphatic heterocycles. The molecule has 55 heavy (non-hydrogen) atoms. The summed E-state index contributed by atoms with van der Waals surface area (Å²) in [5, 5.41) is 5.09. The molecule has 0 heterocycles. The number of nitrogens with one attached hydrogen (secondary N) is 4. The molecule has 4 amide bonds. The van der Waals surface area contributed by atoms with Crippen LogP contribution in [0.4, 0.5) is 9.59 Å². The third kappa shape index (κ3) is 12.5. The first-order chi connectivity index (χ1) is 25.6. The van der Waals surface area contributed by atoms with Gasteiger partial charge in [-0.1, -0.05) is 101 Å². The smallest absolute Gasteiger partial charge is 0.328 e. The Hall–Kier alpha value is -5.08. The second-order valence-corrected chi connectivity index (χ2v) is 18.7. The monoisotopic (exact) mass is 792 g/mol. The lowest BCUT2D eigenvalue weighted by atomic mass is 9.83. The van der Waals surface area contributed by atoms with Crippen LogP contribution in [-0.2, 0) is 37.3 Å². The first kappa shape index (κ1) is 42.7. The zero-order valence-corrected chi connectivity index (χ0v) is 34.3. The van der Waals surface area contributed by atoms with Crippen LogP contribution >= 0.6 is 0 Å². The maximum absolute atomic E-state index is 12.6. The first-order valence-electron chi connectivity index (χ1n) is 17.9. The van der Waals surface area contributed by atoms with Gasteiger partial charge in [0.15, 0.2) is 0 Å². The Morgan fingerprint density at radius 2 is 0.891 bits per heavy atom. The van der Waals surface area contributed by atoms with E-state index >= 15 is 0 Å². The lowest BCUT2D eigenvalue weighted by Gasteiger charge is -2.24. The molecule has 0 spiro atoms. The van der Waals surface area contributed by atoms with Crippen molar-refractivity contribution in [2.75, 3.05) is 26.3 Å². The van der Waals surface area contributed by atoms with Crippen molar-refractivity contribution in [2.45, 2.75) is 82.4 Å². The second-order valence-electron chi connectivity index (χ2n) is 15.4. The second kappa shape index (κ2) is 17.6. The Balaban J connectivity index is 1.45. The van der Waals surface area contributed by atoms with Crippen molar-refractivity contribution in [3.05, 3.63) is 118 Å². The van der Waals surface area contributed by atoms with E-state index in [1.54, 1.807) is 24.3 Å². The third-order valence-corrected chi connectivity index (χ3v) is 11.3. The summed E-state index contributed by atoms with van der Waals surface area (Å²) in [6.07, 6.45) is 0.421. The van der Waals surface area contributed by atoms with Gasteiger partial charge >= 0.3 is 12.1 Å². The van der Waals surface area contributed by atoms with Crippen molar-refractivity contribution in [1.82, 2.24) is 20.1 Å².